The van der Waals surface area contributed by atoms with Crippen molar-refractivity contribution < 1.29 is 14.6 Å². The molecule has 1 aromatic heterocycles. The summed E-state index contributed by atoms with van der Waals surface area (Å²) in [7, 11) is 1.50. The predicted molar refractivity (Wildman–Crippen MR) is 55.1 cm³/mol. The summed E-state index contributed by atoms with van der Waals surface area (Å²) in [4.78, 5) is 11.6. The van der Waals surface area contributed by atoms with Gasteiger partial charge in [0.15, 0.2) is 16.6 Å². The number of carbonyl (C=O) groups is 1. The summed E-state index contributed by atoms with van der Waals surface area (Å²) in [5.41, 5.74) is -0.671. The zero-order valence-electron chi connectivity index (χ0n) is 9.04. The maximum atomic E-state index is 11.6. The van der Waals surface area contributed by atoms with Gasteiger partial charge in [0.05, 0.1) is 0 Å². The molecule has 0 saturated heterocycles. The van der Waals surface area contributed by atoms with Crippen molar-refractivity contribution in [3.05, 3.63) is 10.8 Å². The standard InChI is InChI=1S/C9H13ClN2O3/c1-9(2,3)15-8(14)5-6(13)7(10)11-12(5)4/h13H,1-4H3. The average molecular weight is 233 g/mol. The molecule has 0 aliphatic heterocycles. The van der Waals surface area contributed by atoms with Crippen LogP contribution < -0.4 is 0 Å². The SMILES string of the molecule is Cn1nc(Cl)c(O)c1C(=O)OC(C)(C)C. The Morgan fingerprint density at radius 3 is 2.40 bits per heavy atom. The van der Waals surface area contributed by atoms with Crippen molar-refractivity contribution in [2.75, 3.05) is 0 Å². The average Bonchev–Trinajstić information content (AvgIpc) is 2.22. The molecule has 5 nitrogen and oxygen atoms in total. The molecular weight excluding hydrogens is 220 g/mol. The zero-order valence-corrected chi connectivity index (χ0v) is 9.79. The minimum Gasteiger partial charge on any atom is -0.503 e. The lowest BCUT2D eigenvalue weighted by atomic mass is 10.2. The van der Waals surface area contributed by atoms with Crippen molar-refractivity contribution in [3.8, 4) is 5.75 Å². The van der Waals surface area contributed by atoms with Crippen LogP contribution in [-0.2, 0) is 11.8 Å². The third-order valence-electron chi connectivity index (χ3n) is 1.57. The first-order valence-electron chi connectivity index (χ1n) is 4.37. The number of aryl methyl sites for hydroxylation is 1. The second-order valence-electron chi connectivity index (χ2n) is 4.11. The van der Waals surface area contributed by atoms with Crippen LogP contribution in [-0.4, -0.2) is 26.5 Å². The fraction of sp³-hybridized carbons (Fsp3) is 0.556. The van der Waals surface area contributed by atoms with Gasteiger partial charge in [-0.3, -0.25) is 4.68 Å². The number of carbonyl (C=O) groups excluding carboxylic acids is 1. The lowest BCUT2D eigenvalue weighted by Crippen LogP contribution is -2.25. The molecule has 0 atom stereocenters. The van der Waals surface area contributed by atoms with E-state index in [9.17, 15) is 9.90 Å². The van der Waals surface area contributed by atoms with Crippen LogP contribution in [0.4, 0.5) is 0 Å². The Hall–Kier alpha value is -1.23. The Bertz CT molecular complexity index is 393. The summed E-state index contributed by atoms with van der Waals surface area (Å²) >= 11 is 5.56. The van der Waals surface area contributed by atoms with E-state index < -0.39 is 11.6 Å². The van der Waals surface area contributed by atoms with Crippen LogP contribution in [0.5, 0.6) is 5.75 Å². The van der Waals surface area contributed by atoms with Gasteiger partial charge in [-0.05, 0) is 20.8 Å². The molecule has 1 N–H and O–H groups in total. The minimum atomic E-state index is -0.651. The molecule has 0 bridgehead atoms. The maximum absolute atomic E-state index is 11.6. The first-order chi connectivity index (χ1) is 6.72. The first-order valence-corrected chi connectivity index (χ1v) is 4.75. The van der Waals surface area contributed by atoms with E-state index in [1.165, 1.54) is 11.7 Å². The van der Waals surface area contributed by atoms with Crippen molar-refractivity contribution in [2.24, 2.45) is 7.05 Å². The van der Waals surface area contributed by atoms with Gasteiger partial charge in [0.2, 0.25) is 0 Å². The number of hydrogen-bond donors (Lipinski definition) is 1. The van der Waals surface area contributed by atoms with Crippen LogP contribution in [0.15, 0.2) is 0 Å². The molecule has 1 heterocycles. The molecule has 0 aliphatic rings. The molecule has 1 rings (SSSR count). The minimum absolute atomic E-state index is 0.0464. The molecule has 0 radical (unpaired) electrons. The van der Waals surface area contributed by atoms with E-state index in [-0.39, 0.29) is 16.6 Å². The highest BCUT2D eigenvalue weighted by atomic mass is 35.5. The topological polar surface area (TPSA) is 64.3 Å². The van der Waals surface area contributed by atoms with E-state index in [0.717, 1.165) is 0 Å². The number of rotatable bonds is 1. The Labute approximate surface area is 92.6 Å². The summed E-state index contributed by atoms with van der Waals surface area (Å²) in [5, 5.41) is 13.0. The molecule has 15 heavy (non-hydrogen) atoms. The highest BCUT2D eigenvalue weighted by molar-refractivity contribution is 6.31. The van der Waals surface area contributed by atoms with E-state index in [1.54, 1.807) is 20.8 Å². The molecule has 0 amide bonds. The van der Waals surface area contributed by atoms with E-state index in [1.807, 2.05) is 0 Å². The molecule has 6 heteroatoms. The van der Waals surface area contributed by atoms with Crippen LogP contribution in [0.3, 0.4) is 0 Å². The van der Waals surface area contributed by atoms with Gasteiger partial charge < -0.3 is 9.84 Å². The molecule has 0 unspecified atom stereocenters. The van der Waals surface area contributed by atoms with E-state index in [4.69, 9.17) is 16.3 Å². The number of halogens is 1. The normalized spacial score (nSPS) is 11.5. The van der Waals surface area contributed by atoms with Crippen molar-refractivity contribution >= 4 is 17.6 Å². The van der Waals surface area contributed by atoms with Gasteiger partial charge in [0.1, 0.15) is 5.60 Å². The van der Waals surface area contributed by atoms with Gasteiger partial charge in [-0.1, -0.05) is 11.6 Å². The van der Waals surface area contributed by atoms with Crippen molar-refractivity contribution in [1.82, 2.24) is 9.78 Å². The van der Waals surface area contributed by atoms with Crippen molar-refractivity contribution in [2.45, 2.75) is 26.4 Å². The number of nitrogens with zero attached hydrogens (tertiary/aromatic N) is 2. The first kappa shape index (κ1) is 11.8. The lowest BCUT2D eigenvalue weighted by Gasteiger charge is -2.19. The van der Waals surface area contributed by atoms with Gasteiger partial charge >= 0.3 is 5.97 Å². The van der Waals surface area contributed by atoms with E-state index >= 15 is 0 Å². The van der Waals surface area contributed by atoms with Crippen LogP contribution in [0.1, 0.15) is 31.3 Å². The summed E-state index contributed by atoms with van der Waals surface area (Å²) in [6, 6.07) is 0. The molecule has 0 spiro atoms. The largest absolute Gasteiger partial charge is 0.503 e. The van der Waals surface area contributed by atoms with Crippen LogP contribution >= 0.6 is 11.6 Å². The van der Waals surface area contributed by atoms with Crippen LogP contribution in [0.2, 0.25) is 5.15 Å². The van der Waals surface area contributed by atoms with E-state index in [2.05, 4.69) is 5.10 Å². The maximum Gasteiger partial charge on any atom is 0.361 e. The fourth-order valence-corrected chi connectivity index (χ4v) is 1.24. The van der Waals surface area contributed by atoms with Gasteiger partial charge in [0, 0.05) is 7.05 Å². The molecule has 0 aliphatic carbocycles. The number of aromatic nitrogens is 2. The summed E-state index contributed by atoms with van der Waals surface area (Å²) < 4.78 is 6.27. The smallest absolute Gasteiger partial charge is 0.361 e. The monoisotopic (exact) mass is 232 g/mol. The Kier molecular flexibility index (Phi) is 2.95. The second kappa shape index (κ2) is 3.73. The van der Waals surface area contributed by atoms with Crippen molar-refractivity contribution in [1.29, 1.82) is 0 Å². The zero-order chi connectivity index (χ0) is 11.8. The highest BCUT2D eigenvalue weighted by Crippen LogP contribution is 2.27. The number of esters is 1. The molecule has 84 valence electrons. The van der Waals surface area contributed by atoms with Gasteiger partial charge in [-0.15, -0.1) is 0 Å². The Morgan fingerprint density at radius 1 is 1.53 bits per heavy atom. The third-order valence-corrected chi connectivity index (χ3v) is 1.83. The Balaban J connectivity index is 3.02. The summed E-state index contributed by atoms with van der Waals surface area (Å²) in [6.07, 6.45) is 0. The highest BCUT2D eigenvalue weighted by Gasteiger charge is 2.26. The van der Waals surface area contributed by atoms with E-state index in [0.29, 0.717) is 0 Å². The Morgan fingerprint density at radius 2 is 2.07 bits per heavy atom. The molecule has 0 saturated carbocycles. The number of hydrogen-bond acceptors (Lipinski definition) is 4. The second-order valence-corrected chi connectivity index (χ2v) is 4.47. The quantitative estimate of drug-likeness (QED) is 0.749. The van der Waals surface area contributed by atoms with Gasteiger partial charge in [-0.2, -0.15) is 5.10 Å². The summed E-state index contributed by atoms with van der Waals surface area (Å²) in [5.74, 6) is -1.00. The van der Waals surface area contributed by atoms with Crippen molar-refractivity contribution in [3.63, 3.8) is 0 Å². The van der Waals surface area contributed by atoms with Crippen LogP contribution in [0.25, 0.3) is 0 Å². The third kappa shape index (κ3) is 2.62. The van der Waals surface area contributed by atoms with Crippen LogP contribution in [0, 0.1) is 0 Å². The van der Waals surface area contributed by atoms with Gasteiger partial charge in [-0.25, -0.2) is 4.79 Å². The van der Waals surface area contributed by atoms with Gasteiger partial charge in [0.25, 0.3) is 0 Å². The fourth-order valence-electron chi connectivity index (χ4n) is 1.04. The molecular formula is C9H13ClN2O3. The molecule has 0 aromatic carbocycles. The lowest BCUT2D eigenvalue weighted by molar-refractivity contribution is 0.00547. The predicted octanol–water partition coefficient (Wildman–Crippen LogP) is 1.73. The number of ether oxygens (including phenoxy) is 1. The molecule has 0 fully saturated rings. The molecule has 1 aromatic rings. The number of aromatic hydroxyl groups is 1. The summed E-state index contributed by atoms with van der Waals surface area (Å²) in [6.45, 7) is 5.21.